The monoisotopic (exact) mass is 246 g/mol. The van der Waals surface area contributed by atoms with Gasteiger partial charge in [-0.25, -0.2) is 4.79 Å². The molecule has 1 saturated heterocycles. The molecule has 1 aliphatic rings. The highest BCUT2D eigenvalue weighted by molar-refractivity contribution is 5.69. The summed E-state index contributed by atoms with van der Waals surface area (Å²) in [6, 6.07) is -0.201. The van der Waals surface area contributed by atoms with E-state index < -0.39 is 5.60 Å². The zero-order valence-electron chi connectivity index (χ0n) is 10.6. The molecule has 6 nitrogen and oxygen atoms in total. The number of nitrogens with one attached hydrogen (secondary N) is 1. The van der Waals surface area contributed by atoms with Crippen LogP contribution in [0.3, 0.4) is 0 Å². The Morgan fingerprint density at radius 2 is 1.94 bits per heavy atom. The van der Waals surface area contributed by atoms with Crippen LogP contribution in [0.2, 0.25) is 0 Å². The molecular weight excluding hydrogens is 224 g/mol. The van der Waals surface area contributed by atoms with Crippen molar-refractivity contribution in [1.29, 1.82) is 0 Å². The summed E-state index contributed by atoms with van der Waals surface area (Å²) < 4.78 is 5.21. The molecule has 1 rings (SSSR count). The van der Waals surface area contributed by atoms with Crippen LogP contribution in [0.1, 0.15) is 20.8 Å². The predicted molar refractivity (Wildman–Crippen MR) is 62.7 cm³/mol. The van der Waals surface area contributed by atoms with E-state index in [0.29, 0.717) is 13.1 Å². The van der Waals surface area contributed by atoms with E-state index in [1.54, 1.807) is 4.90 Å². The molecule has 0 aromatic carbocycles. The fourth-order valence-electron chi connectivity index (χ4n) is 1.56. The molecule has 0 spiro atoms. The largest absolute Gasteiger partial charge is 0.444 e. The van der Waals surface area contributed by atoms with Gasteiger partial charge in [0.1, 0.15) is 5.60 Å². The fourth-order valence-corrected chi connectivity index (χ4v) is 1.56. The Balaban J connectivity index is 2.25. The molecule has 0 saturated carbocycles. The van der Waals surface area contributed by atoms with Crippen molar-refractivity contribution in [2.75, 3.05) is 26.3 Å². The molecule has 0 bridgehead atoms. The van der Waals surface area contributed by atoms with E-state index in [0.717, 1.165) is 0 Å². The Morgan fingerprint density at radius 3 is 2.35 bits per heavy atom. The lowest BCUT2D eigenvalue weighted by atomic mass is 10.1. The summed E-state index contributed by atoms with van der Waals surface area (Å²) in [6.07, 6.45) is -0.319. The number of likely N-dealkylation sites (tertiary alicyclic amines) is 1. The molecule has 0 unspecified atom stereocenters. The molecule has 0 radical (unpaired) electrons. The summed E-state index contributed by atoms with van der Waals surface area (Å²) in [5.41, 5.74) is -0.478. The second-order valence-corrected chi connectivity index (χ2v) is 5.31. The summed E-state index contributed by atoms with van der Waals surface area (Å²) in [4.78, 5) is 13.2. The minimum absolute atomic E-state index is 0.112. The predicted octanol–water partition coefficient (Wildman–Crippen LogP) is -0.451. The Morgan fingerprint density at radius 1 is 1.41 bits per heavy atom. The minimum Gasteiger partial charge on any atom is -0.444 e. The van der Waals surface area contributed by atoms with Gasteiger partial charge in [0, 0.05) is 19.1 Å². The average molecular weight is 246 g/mol. The second-order valence-electron chi connectivity index (χ2n) is 5.31. The van der Waals surface area contributed by atoms with Crippen LogP contribution in [0.15, 0.2) is 0 Å². The number of hydrogen-bond donors (Lipinski definition) is 3. The van der Waals surface area contributed by atoms with Crippen molar-refractivity contribution in [3.63, 3.8) is 0 Å². The molecule has 0 aliphatic carbocycles. The number of carbonyl (C=O) groups is 1. The van der Waals surface area contributed by atoms with E-state index in [1.165, 1.54) is 0 Å². The van der Waals surface area contributed by atoms with Crippen LogP contribution in [0.4, 0.5) is 4.79 Å². The molecule has 0 aromatic rings. The van der Waals surface area contributed by atoms with Gasteiger partial charge in [0.25, 0.3) is 0 Å². The second kappa shape index (κ2) is 5.66. The molecule has 6 heteroatoms. The zero-order chi connectivity index (χ0) is 13.1. The molecule has 1 fully saturated rings. The van der Waals surface area contributed by atoms with Gasteiger partial charge in [0.2, 0.25) is 0 Å². The maximum Gasteiger partial charge on any atom is 0.410 e. The molecular formula is C11H22N2O4. The first kappa shape index (κ1) is 14.2. The fraction of sp³-hybridized carbons (Fsp3) is 0.909. The molecule has 0 atom stereocenters. The van der Waals surface area contributed by atoms with Gasteiger partial charge in [-0.15, -0.1) is 0 Å². The van der Waals surface area contributed by atoms with Crippen LogP contribution in [0, 0.1) is 0 Å². The number of nitrogens with zero attached hydrogens (tertiary/aromatic N) is 1. The number of hydrogen-bond acceptors (Lipinski definition) is 5. The standard InChI is InChI=1S/C11H22N2O4/c1-11(2,3)17-10(16)13-4-8(5-13)12-9(6-14)7-15/h8-9,12,14-15H,4-7H2,1-3H3. The Labute approximate surface area is 102 Å². The van der Waals surface area contributed by atoms with Crippen LogP contribution in [-0.4, -0.2) is 65.2 Å². The molecule has 100 valence electrons. The Hall–Kier alpha value is -0.850. The number of amides is 1. The van der Waals surface area contributed by atoms with Crippen molar-refractivity contribution in [2.24, 2.45) is 0 Å². The Bertz CT molecular complexity index is 255. The number of carbonyl (C=O) groups excluding carboxylic acids is 1. The van der Waals surface area contributed by atoms with Gasteiger partial charge < -0.3 is 25.2 Å². The van der Waals surface area contributed by atoms with Gasteiger partial charge in [-0.05, 0) is 20.8 Å². The first-order chi connectivity index (χ1) is 7.85. The van der Waals surface area contributed by atoms with Gasteiger partial charge in [-0.2, -0.15) is 0 Å². The van der Waals surface area contributed by atoms with Crippen molar-refractivity contribution >= 4 is 6.09 Å². The average Bonchev–Trinajstić information content (AvgIpc) is 2.13. The van der Waals surface area contributed by atoms with Crippen molar-refractivity contribution in [2.45, 2.75) is 38.5 Å². The molecule has 1 aliphatic heterocycles. The number of aliphatic hydroxyl groups excluding tert-OH is 2. The van der Waals surface area contributed by atoms with Crippen molar-refractivity contribution in [3.05, 3.63) is 0 Å². The summed E-state index contributed by atoms with van der Waals surface area (Å²) in [6.45, 7) is 6.35. The third-order valence-electron chi connectivity index (χ3n) is 2.45. The molecule has 1 heterocycles. The SMILES string of the molecule is CC(C)(C)OC(=O)N1CC(NC(CO)CO)C1. The summed E-state index contributed by atoms with van der Waals surface area (Å²) >= 11 is 0. The lowest BCUT2D eigenvalue weighted by Crippen LogP contribution is -2.63. The third kappa shape index (κ3) is 4.49. The smallest absolute Gasteiger partial charge is 0.410 e. The highest BCUT2D eigenvalue weighted by Gasteiger charge is 2.34. The van der Waals surface area contributed by atoms with Gasteiger partial charge in [-0.3, -0.25) is 0 Å². The van der Waals surface area contributed by atoms with Crippen LogP contribution in [-0.2, 0) is 4.74 Å². The highest BCUT2D eigenvalue weighted by Crippen LogP contribution is 2.15. The Kier molecular flexibility index (Phi) is 4.73. The van der Waals surface area contributed by atoms with E-state index in [4.69, 9.17) is 14.9 Å². The van der Waals surface area contributed by atoms with Gasteiger partial charge in [0.15, 0.2) is 0 Å². The van der Waals surface area contributed by atoms with E-state index in [1.807, 2.05) is 20.8 Å². The lowest BCUT2D eigenvalue weighted by molar-refractivity contribution is 0.00229. The summed E-state index contributed by atoms with van der Waals surface area (Å²) in [7, 11) is 0. The molecule has 0 aromatic heterocycles. The summed E-state index contributed by atoms with van der Waals surface area (Å²) in [5, 5.41) is 20.8. The third-order valence-corrected chi connectivity index (χ3v) is 2.45. The summed E-state index contributed by atoms with van der Waals surface area (Å²) in [5.74, 6) is 0. The van der Waals surface area contributed by atoms with E-state index in [9.17, 15) is 4.79 Å². The van der Waals surface area contributed by atoms with Crippen LogP contribution in [0.25, 0.3) is 0 Å². The highest BCUT2D eigenvalue weighted by atomic mass is 16.6. The molecule has 3 N–H and O–H groups in total. The van der Waals surface area contributed by atoms with E-state index >= 15 is 0 Å². The topological polar surface area (TPSA) is 82.0 Å². The molecule has 17 heavy (non-hydrogen) atoms. The van der Waals surface area contributed by atoms with Gasteiger partial charge in [0.05, 0.1) is 19.3 Å². The normalized spacial score (nSPS) is 17.2. The zero-order valence-corrected chi connectivity index (χ0v) is 10.6. The number of rotatable bonds is 4. The van der Waals surface area contributed by atoms with Gasteiger partial charge in [-0.1, -0.05) is 0 Å². The lowest BCUT2D eigenvalue weighted by Gasteiger charge is -2.41. The minimum atomic E-state index is -0.478. The number of aliphatic hydroxyl groups is 2. The van der Waals surface area contributed by atoms with Gasteiger partial charge >= 0.3 is 6.09 Å². The maximum atomic E-state index is 11.6. The van der Waals surface area contributed by atoms with Crippen molar-refractivity contribution in [3.8, 4) is 0 Å². The number of ether oxygens (including phenoxy) is 1. The van der Waals surface area contributed by atoms with E-state index in [-0.39, 0.29) is 31.4 Å². The van der Waals surface area contributed by atoms with Crippen LogP contribution < -0.4 is 5.32 Å². The van der Waals surface area contributed by atoms with Crippen molar-refractivity contribution in [1.82, 2.24) is 10.2 Å². The first-order valence-corrected chi connectivity index (χ1v) is 5.81. The quantitative estimate of drug-likeness (QED) is 0.626. The first-order valence-electron chi connectivity index (χ1n) is 5.81. The van der Waals surface area contributed by atoms with Crippen LogP contribution in [0.5, 0.6) is 0 Å². The van der Waals surface area contributed by atoms with E-state index in [2.05, 4.69) is 5.32 Å². The van der Waals surface area contributed by atoms with Crippen LogP contribution >= 0.6 is 0 Å². The van der Waals surface area contributed by atoms with Crippen molar-refractivity contribution < 1.29 is 19.7 Å². The molecule has 1 amide bonds. The maximum absolute atomic E-state index is 11.6.